The second kappa shape index (κ2) is 10.5. The predicted octanol–water partition coefficient (Wildman–Crippen LogP) is 6.00. The molecule has 0 fully saturated rings. The first-order valence-electron chi connectivity index (χ1n) is 11.8. The molecule has 1 aliphatic heterocycles. The van der Waals surface area contributed by atoms with E-state index in [9.17, 15) is 0 Å². The van der Waals surface area contributed by atoms with Gasteiger partial charge < -0.3 is 21.4 Å². The van der Waals surface area contributed by atoms with Crippen molar-refractivity contribution in [1.82, 2.24) is 15.6 Å². The quantitative estimate of drug-likeness (QED) is 0.275. The summed E-state index contributed by atoms with van der Waals surface area (Å²) >= 11 is 0. The van der Waals surface area contributed by atoms with Gasteiger partial charge in [0.2, 0.25) is 0 Å². The van der Waals surface area contributed by atoms with Gasteiger partial charge in [-0.3, -0.25) is 0 Å². The molecule has 2 rings (SSSR count). The third kappa shape index (κ3) is 7.16. The standard InChI is InChI=1S/C28H43N5/c1-11-21(19(4)12-20(5)30-10)13-22-14-25(32-26(24(22)17-29)31-18(2)3)23-15-27(6,7)33-28(8,9)16-23/h11-12,14-15,17-18,29-30,33H,1,13,16H2,2-10H3,(H,31,32)/b20-12-,21-19+,29-17?. The van der Waals surface area contributed by atoms with E-state index < -0.39 is 0 Å². The topological polar surface area (TPSA) is 72.8 Å². The molecule has 33 heavy (non-hydrogen) atoms. The summed E-state index contributed by atoms with van der Waals surface area (Å²) in [6.07, 6.45) is 9.36. The maximum atomic E-state index is 8.17. The molecule has 5 heteroatoms. The SMILES string of the molecule is C=C/C(Cc1cc(C2=CC(C)(C)NC(C)(C)C2)nc(NC(C)C)c1C=N)=C(C)\C=C(\C)NC. The van der Waals surface area contributed by atoms with Gasteiger partial charge in [-0.25, -0.2) is 4.98 Å². The average molecular weight is 450 g/mol. The second-order valence-electron chi connectivity index (χ2n) is 10.6. The molecule has 0 bridgehead atoms. The lowest BCUT2D eigenvalue weighted by molar-refractivity contribution is 0.297. The Morgan fingerprint density at radius 1 is 1.27 bits per heavy atom. The van der Waals surface area contributed by atoms with E-state index in [1.165, 1.54) is 11.8 Å². The van der Waals surface area contributed by atoms with Gasteiger partial charge in [-0.05, 0) is 103 Å². The number of nitrogens with one attached hydrogen (secondary N) is 4. The molecule has 4 N–H and O–H groups in total. The molecule has 1 aromatic rings. The zero-order chi connectivity index (χ0) is 25.0. The summed E-state index contributed by atoms with van der Waals surface area (Å²) in [5.74, 6) is 0.769. The number of rotatable bonds is 9. The van der Waals surface area contributed by atoms with Crippen LogP contribution in [0.5, 0.6) is 0 Å². The van der Waals surface area contributed by atoms with Gasteiger partial charge >= 0.3 is 0 Å². The highest BCUT2D eigenvalue weighted by Gasteiger charge is 2.33. The van der Waals surface area contributed by atoms with Crippen molar-refractivity contribution in [3.8, 4) is 0 Å². The van der Waals surface area contributed by atoms with Crippen LogP contribution >= 0.6 is 0 Å². The Bertz CT molecular complexity index is 990. The number of aromatic nitrogens is 1. The molecule has 0 aromatic carbocycles. The van der Waals surface area contributed by atoms with E-state index in [-0.39, 0.29) is 17.1 Å². The molecule has 180 valence electrons. The summed E-state index contributed by atoms with van der Waals surface area (Å²) in [6, 6.07) is 2.38. The molecule has 0 amide bonds. The number of pyridine rings is 1. The van der Waals surface area contributed by atoms with Crippen LogP contribution in [0.25, 0.3) is 5.57 Å². The number of hydrogen-bond donors (Lipinski definition) is 4. The molecular formula is C28H43N5. The molecular weight excluding hydrogens is 406 g/mol. The van der Waals surface area contributed by atoms with E-state index in [0.29, 0.717) is 6.42 Å². The van der Waals surface area contributed by atoms with Crippen LogP contribution in [0.4, 0.5) is 5.82 Å². The van der Waals surface area contributed by atoms with Crippen molar-refractivity contribution in [2.75, 3.05) is 12.4 Å². The first-order chi connectivity index (χ1) is 15.3. The fourth-order valence-electron chi connectivity index (χ4n) is 4.61. The molecule has 0 aliphatic carbocycles. The van der Waals surface area contributed by atoms with Crippen LogP contribution in [-0.2, 0) is 6.42 Å². The number of anilines is 1. The highest BCUT2D eigenvalue weighted by atomic mass is 15.0. The summed E-state index contributed by atoms with van der Waals surface area (Å²) in [7, 11) is 1.93. The monoisotopic (exact) mass is 449 g/mol. The van der Waals surface area contributed by atoms with E-state index in [4.69, 9.17) is 10.4 Å². The summed E-state index contributed by atoms with van der Waals surface area (Å²) in [5, 5.41) is 18.5. The summed E-state index contributed by atoms with van der Waals surface area (Å²) in [4.78, 5) is 5.02. The van der Waals surface area contributed by atoms with Crippen LogP contribution in [-0.4, -0.2) is 35.4 Å². The van der Waals surface area contributed by atoms with E-state index in [1.807, 2.05) is 13.1 Å². The Kier molecular flexibility index (Phi) is 8.47. The normalized spacial score (nSPS) is 18.4. The zero-order valence-electron chi connectivity index (χ0n) is 22.0. The van der Waals surface area contributed by atoms with Crippen LogP contribution in [0, 0.1) is 5.41 Å². The van der Waals surface area contributed by atoms with Crippen molar-refractivity contribution in [3.05, 3.63) is 64.5 Å². The van der Waals surface area contributed by atoms with Crippen molar-refractivity contribution in [2.45, 2.75) is 85.4 Å². The smallest absolute Gasteiger partial charge is 0.135 e. The second-order valence-corrected chi connectivity index (χ2v) is 10.6. The number of nitrogens with zero attached hydrogens (tertiary/aromatic N) is 1. The molecule has 5 nitrogen and oxygen atoms in total. The molecule has 2 heterocycles. The predicted molar refractivity (Wildman–Crippen MR) is 144 cm³/mol. The first kappa shape index (κ1) is 26.6. The Morgan fingerprint density at radius 2 is 1.94 bits per heavy atom. The summed E-state index contributed by atoms with van der Waals surface area (Å²) in [5.41, 5.74) is 7.38. The zero-order valence-corrected chi connectivity index (χ0v) is 22.0. The van der Waals surface area contributed by atoms with Gasteiger partial charge in [0.05, 0.1) is 5.69 Å². The molecule has 0 radical (unpaired) electrons. The number of hydrogen-bond acceptors (Lipinski definition) is 5. The Morgan fingerprint density at radius 3 is 2.45 bits per heavy atom. The van der Waals surface area contributed by atoms with Crippen molar-refractivity contribution in [2.24, 2.45) is 0 Å². The van der Waals surface area contributed by atoms with Gasteiger partial charge in [0.1, 0.15) is 5.82 Å². The molecule has 1 aromatic heterocycles. The molecule has 0 saturated carbocycles. The Labute approximate surface area is 201 Å². The van der Waals surface area contributed by atoms with E-state index in [2.05, 4.69) is 96.1 Å². The summed E-state index contributed by atoms with van der Waals surface area (Å²) in [6.45, 7) is 21.3. The van der Waals surface area contributed by atoms with Gasteiger partial charge in [0.15, 0.2) is 0 Å². The average Bonchev–Trinajstić information content (AvgIpc) is 2.68. The van der Waals surface area contributed by atoms with E-state index >= 15 is 0 Å². The first-order valence-corrected chi connectivity index (χ1v) is 11.8. The van der Waals surface area contributed by atoms with Crippen molar-refractivity contribution in [1.29, 1.82) is 5.41 Å². The maximum Gasteiger partial charge on any atom is 0.135 e. The van der Waals surface area contributed by atoms with Gasteiger partial charge in [0, 0.05) is 41.6 Å². The largest absolute Gasteiger partial charge is 0.392 e. The van der Waals surface area contributed by atoms with Crippen molar-refractivity contribution in [3.63, 3.8) is 0 Å². The van der Waals surface area contributed by atoms with Gasteiger partial charge in [-0.15, -0.1) is 0 Å². The van der Waals surface area contributed by atoms with Gasteiger partial charge in [0.25, 0.3) is 0 Å². The van der Waals surface area contributed by atoms with Gasteiger partial charge in [-0.1, -0.05) is 18.7 Å². The fourth-order valence-corrected chi connectivity index (χ4v) is 4.61. The molecule has 0 atom stereocenters. The van der Waals surface area contributed by atoms with E-state index in [1.54, 1.807) is 0 Å². The minimum absolute atomic E-state index is 0.0282. The van der Waals surface area contributed by atoms with Crippen LogP contribution in [0.3, 0.4) is 0 Å². The minimum Gasteiger partial charge on any atom is -0.392 e. The van der Waals surface area contributed by atoms with Crippen LogP contribution in [0.2, 0.25) is 0 Å². The number of allylic oxidation sites excluding steroid dienone is 5. The van der Waals surface area contributed by atoms with Gasteiger partial charge in [-0.2, -0.15) is 0 Å². The van der Waals surface area contributed by atoms with Crippen LogP contribution in [0.15, 0.2) is 47.7 Å². The maximum absolute atomic E-state index is 8.17. The lowest BCUT2D eigenvalue weighted by Gasteiger charge is -2.41. The lowest BCUT2D eigenvalue weighted by atomic mass is 9.82. The summed E-state index contributed by atoms with van der Waals surface area (Å²) < 4.78 is 0. The fraction of sp³-hybridized carbons (Fsp3) is 0.500. The third-order valence-corrected chi connectivity index (χ3v) is 5.83. The molecule has 0 unspecified atom stereocenters. The Hall–Kier alpha value is -2.66. The minimum atomic E-state index is -0.122. The molecule has 0 spiro atoms. The highest BCUT2D eigenvalue weighted by molar-refractivity contribution is 5.88. The third-order valence-electron chi connectivity index (χ3n) is 5.83. The highest BCUT2D eigenvalue weighted by Crippen LogP contribution is 2.35. The van der Waals surface area contributed by atoms with Crippen LogP contribution < -0.4 is 16.0 Å². The van der Waals surface area contributed by atoms with Crippen molar-refractivity contribution < 1.29 is 0 Å². The van der Waals surface area contributed by atoms with E-state index in [0.717, 1.165) is 45.9 Å². The van der Waals surface area contributed by atoms with Crippen LogP contribution in [0.1, 0.15) is 78.6 Å². The molecule has 1 aliphatic rings. The Balaban J connectivity index is 2.70. The lowest BCUT2D eigenvalue weighted by Crippen LogP contribution is -2.53. The van der Waals surface area contributed by atoms with Crippen molar-refractivity contribution >= 4 is 17.6 Å². The molecule has 0 saturated heterocycles.